The van der Waals surface area contributed by atoms with Crippen molar-refractivity contribution in [2.75, 3.05) is 6.54 Å². The van der Waals surface area contributed by atoms with E-state index >= 15 is 0 Å². The number of aromatic amines is 1. The summed E-state index contributed by atoms with van der Waals surface area (Å²) in [5.74, 6) is 0.648. The molecule has 2 N–H and O–H groups in total. The molecule has 0 radical (unpaired) electrons. The minimum atomic E-state index is -0.454. The van der Waals surface area contributed by atoms with Gasteiger partial charge in [0.2, 0.25) is 11.8 Å². The second-order valence-corrected chi connectivity index (χ2v) is 6.16. The Morgan fingerprint density at radius 3 is 2.85 bits per heavy atom. The van der Waals surface area contributed by atoms with Crippen molar-refractivity contribution in [2.24, 2.45) is 5.41 Å². The maximum absolute atomic E-state index is 12.3. The Balaban J connectivity index is 1.96. The number of nitrogens with zero attached hydrogens (tertiary/aromatic N) is 2. The van der Waals surface area contributed by atoms with E-state index in [4.69, 9.17) is 0 Å². The molecular weight excluding hydrogens is 256 g/mol. The van der Waals surface area contributed by atoms with E-state index < -0.39 is 5.41 Å². The van der Waals surface area contributed by atoms with Crippen LogP contribution in [0.5, 0.6) is 0 Å². The van der Waals surface area contributed by atoms with Crippen LogP contribution in [0, 0.1) is 5.41 Å². The Hall–Kier alpha value is -1.85. The summed E-state index contributed by atoms with van der Waals surface area (Å²) in [4.78, 5) is 33.3. The molecule has 1 atom stereocenters. The van der Waals surface area contributed by atoms with Crippen molar-refractivity contribution in [3.8, 4) is 0 Å². The number of amides is 2. The Kier molecular flexibility index (Phi) is 4.11. The SMILES string of the molecule is CC(C)(C)C(=O)N1CCCC1C(=O)NCc1ncc[nH]1. The normalized spacial score (nSPS) is 19.1. The first-order valence-corrected chi connectivity index (χ1v) is 6.96. The van der Waals surface area contributed by atoms with Crippen LogP contribution in [0.25, 0.3) is 0 Å². The second-order valence-electron chi connectivity index (χ2n) is 6.16. The van der Waals surface area contributed by atoms with Crippen LogP contribution in [0.15, 0.2) is 12.4 Å². The second kappa shape index (κ2) is 5.64. The molecule has 0 spiro atoms. The molecule has 2 rings (SSSR count). The van der Waals surface area contributed by atoms with Crippen molar-refractivity contribution in [1.29, 1.82) is 0 Å². The maximum Gasteiger partial charge on any atom is 0.243 e. The number of nitrogens with one attached hydrogen (secondary N) is 2. The summed E-state index contributed by atoms with van der Waals surface area (Å²) in [7, 11) is 0. The molecular formula is C14H22N4O2. The molecule has 6 nitrogen and oxygen atoms in total. The lowest BCUT2D eigenvalue weighted by molar-refractivity contribution is -0.144. The van der Waals surface area contributed by atoms with Gasteiger partial charge in [0.05, 0.1) is 6.54 Å². The molecule has 2 amide bonds. The highest BCUT2D eigenvalue weighted by atomic mass is 16.2. The molecule has 6 heteroatoms. The van der Waals surface area contributed by atoms with Gasteiger partial charge in [0.25, 0.3) is 0 Å². The smallest absolute Gasteiger partial charge is 0.243 e. The number of imidazole rings is 1. The van der Waals surface area contributed by atoms with Gasteiger partial charge >= 0.3 is 0 Å². The first-order chi connectivity index (χ1) is 9.39. The van der Waals surface area contributed by atoms with Gasteiger partial charge in [-0.3, -0.25) is 9.59 Å². The highest BCUT2D eigenvalue weighted by molar-refractivity contribution is 5.90. The fourth-order valence-corrected chi connectivity index (χ4v) is 2.40. The van der Waals surface area contributed by atoms with E-state index in [2.05, 4.69) is 15.3 Å². The van der Waals surface area contributed by atoms with Crippen molar-refractivity contribution in [2.45, 2.75) is 46.2 Å². The van der Waals surface area contributed by atoms with Crippen LogP contribution >= 0.6 is 0 Å². The molecule has 2 heterocycles. The first kappa shape index (κ1) is 14.6. The zero-order chi connectivity index (χ0) is 14.8. The third kappa shape index (κ3) is 3.18. The molecule has 0 bridgehead atoms. The molecule has 1 aromatic rings. The lowest BCUT2D eigenvalue weighted by Crippen LogP contribution is -2.49. The van der Waals surface area contributed by atoms with E-state index in [-0.39, 0.29) is 17.9 Å². The van der Waals surface area contributed by atoms with Gasteiger partial charge < -0.3 is 15.2 Å². The molecule has 0 aliphatic carbocycles. The molecule has 110 valence electrons. The molecule has 0 saturated carbocycles. The zero-order valence-corrected chi connectivity index (χ0v) is 12.3. The summed E-state index contributed by atoms with van der Waals surface area (Å²) in [5.41, 5.74) is -0.454. The number of hydrogen-bond donors (Lipinski definition) is 2. The van der Waals surface area contributed by atoms with Crippen molar-refractivity contribution >= 4 is 11.8 Å². The molecule has 20 heavy (non-hydrogen) atoms. The van der Waals surface area contributed by atoms with E-state index in [0.717, 1.165) is 12.8 Å². The van der Waals surface area contributed by atoms with Crippen LogP contribution in [0.3, 0.4) is 0 Å². The number of aromatic nitrogens is 2. The van der Waals surface area contributed by atoms with Crippen molar-refractivity contribution < 1.29 is 9.59 Å². The minimum absolute atomic E-state index is 0.0353. The Morgan fingerprint density at radius 2 is 2.25 bits per heavy atom. The van der Waals surface area contributed by atoms with Gasteiger partial charge in [0, 0.05) is 24.4 Å². The molecule has 1 aliphatic rings. The standard InChI is InChI=1S/C14H22N4O2/c1-14(2,3)13(20)18-8-4-5-10(18)12(19)17-9-11-15-6-7-16-11/h6-7,10H,4-5,8-9H2,1-3H3,(H,15,16)(H,17,19). The lowest BCUT2D eigenvalue weighted by Gasteiger charge is -2.30. The highest BCUT2D eigenvalue weighted by Crippen LogP contribution is 2.25. The van der Waals surface area contributed by atoms with Crippen molar-refractivity contribution in [1.82, 2.24) is 20.2 Å². The minimum Gasteiger partial charge on any atom is -0.347 e. The molecule has 1 unspecified atom stereocenters. The van der Waals surface area contributed by atoms with E-state index in [1.165, 1.54) is 0 Å². The first-order valence-electron chi connectivity index (χ1n) is 6.96. The summed E-state index contributed by atoms with van der Waals surface area (Å²) >= 11 is 0. The molecule has 0 aromatic carbocycles. The number of H-pyrrole nitrogens is 1. The van der Waals surface area contributed by atoms with Gasteiger partial charge in [-0.05, 0) is 12.8 Å². The highest BCUT2D eigenvalue weighted by Gasteiger charge is 2.38. The van der Waals surface area contributed by atoms with Crippen LogP contribution in [-0.2, 0) is 16.1 Å². The van der Waals surface area contributed by atoms with Crippen molar-refractivity contribution in [3.63, 3.8) is 0 Å². The summed E-state index contributed by atoms with van der Waals surface area (Å²) < 4.78 is 0. The number of rotatable bonds is 3. The van der Waals surface area contributed by atoms with Gasteiger partial charge in [-0.15, -0.1) is 0 Å². The monoisotopic (exact) mass is 278 g/mol. The summed E-state index contributed by atoms with van der Waals surface area (Å²) in [6.45, 7) is 6.66. The van der Waals surface area contributed by atoms with Gasteiger partial charge in [-0.2, -0.15) is 0 Å². The molecule has 1 fully saturated rings. The summed E-state index contributed by atoms with van der Waals surface area (Å²) in [6, 6.07) is -0.350. The van der Waals surface area contributed by atoms with Gasteiger partial charge in [0.1, 0.15) is 11.9 Å². The number of likely N-dealkylation sites (tertiary alicyclic amines) is 1. The van der Waals surface area contributed by atoms with Crippen LogP contribution in [0.2, 0.25) is 0 Å². The van der Waals surface area contributed by atoms with Crippen LogP contribution in [0.1, 0.15) is 39.4 Å². The third-order valence-corrected chi connectivity index (χ3v) is 3.44. The largest absolute Gasteiger partial charge is 0.347 e. The van der Waals surface area contributed by atoms with Crippen molar-refractivity contribution in [3.05, 3.63) is 18.2 Å². The van der Waals surface area contributed by atoms with Gasteiger partial charge in [0.15, 0.2) is 0 Å². The van der Waals surface area contributed by atoms with Gasteiger partial charge in [-0.25, -0.2) is 4.98 Å². The zero-order valence-electron chi connectivity index (χ0n) is 12.3. The van der Waals surface area contributed by atoms with E-state index in [1.54, 1.807) is 17.3 Å². The number of hydrogen-bond acceptors (Lipinski definition) is 3. The summed E-state index contributed by atoms with van der Waals surface area (Å²) in [5, 5.41) is 2.84. The molecule has 1 saturated heterocycles. The summed E-state index contributed by atoms with van der Waals surface area (Å²) in [6.07, 6.45) is 4.96. The van der Waals surface area contributed by atoms with Crippen LogP contribution < -0.4 is 5.32 Å². The molecule has 1 aromatic heterocycles. The topological polar surface area (TPSA) is 78.1 Å². The van der Waals surface area contributed by atoms with Crippen LogP contribution in [-0.4, -0.2) is 39.3 Å². The Bertz CT molecular complexity index is 476. The van der Waals surface area contributed by atoms with Gasteiger partial charge in [-0.1, -0.05) is 20.8 Å². The maximum atomic E-state index is 12.3. The predicted molar refractivity (Wildman–Crippen MR) is 74.6 cm³/mol. The number of carbonyl (C=O) groups is 2. The lowest BCUT2D eigenvalue weighted by atomic mass is 9.94. The third-order valence-electron chi connectivity index (χ3n) is 3.44. The van der Waals surface area contributed by atoms with E-state index in [0.29, 0.717) is 18.9 Å². The number of carbonyl (C=O) groups excluding carboxylic acids is 2. The average molecular weight is 278 g/mol. The predicted octanol–water partition coefficient (Wildman–Crippen LogP) is 1.06. The Labute approximate surface area is 119 Å². The molecule has 1 aliphatic heterocycles. The fourth-order valence-electron chi connectivity index (χ4n) is 2.40. The fraction of sp³-hybridized carbons (Fsp3) is 0.643. The van der Waals surface area contributed by atoms with E-state index in [1.807, 2.05) is 20.8 Å². The van der Waals surface area contributed by atoms with E-state index in [9.17, 15) is 9.59 Å². The average Bonchev–Trinajstić information content (AvgIpc) is 3.04. The Morgan fingerprint density at radius 1 is 1.50 bits per heavy atom. The quantitative estimate of drug-likeness (QED) is 0.868. The van der Waals surface area contributed by atoms with Crippen LogP contribution in [0.4, 0.5) is 0 Å².